The Kier molecular flexibility index (Phi) is 6.28. The first kappa shape index (κ1) is 21.7. The van der Waals surface area contributed by atoms with Gasteiger partial charge in [0.2, 0.25) is 21.8 Å². The summed E-state index contributed by atoms with van der Waals surface area (Å²) in [5.41, 5.74) is -0.136. The van der Waals surface area contributed by atoms with E-state index in [2.05, 4.69) is 10.6 Å². The van der Waals surface area contributed by atoms with Crippen LogP contribution in [0.1, 0.15) is 45.1 Å². The number of hydrogen-bond donors (Lipinski definition) is 2. The molecule has 2 N–H and O–H groups in total. The van der Waals surface area contributed by atoms with Gasteiger partial charge in [-0.05, 0) is 30.5 Å². The van der Waals surface area contributed by atoms with Crippen molar-refractivity contribution >= 4 is 21.8 Å². The van der Waals surface area contributed by atoms with E-state index in [-0.39, 0.29) is 36.6 Å². The molecule has 0 radical (unpaired) electrons. The molecule has 0 aromatic heterocycles. The quantitative estimate of drug-likeness (QED) is 0.748. The fourth-order valence-electron chi connectivity index (χ4n) is 3.96. The van der Waals surface area contributed by atoms with E-state index in [1.165, 1.54) is 28.6 Å². The molecule has 1 unspecified atom stereocenters. The lowest BCUT2D eigenvalue weighted by molar-refractivity contribution is -0.131. The van der Waals surface area contributed by atoms with Crippen molar-refractivity contribution in [3.05, 3.63) is 35.6 Å². The number of nitrogens with one attached hydrogen (secondary N) is 2. The van der Waals surface area contributed by atoms with Crippen molar-refractivity contribution in [3.63, 3.8) is 0 Å². The minimum Gasteiger partial charge on any atom is -0.348 e. The molecule has 2 fully saturated rings. The lowest BCUT2D eigenvalue weighted by Crippen LogP contribution is -2.54. The van der Waals surface area contributed by atoms with Crippen LogP contribution >= 0.6 is 0 Å². The van der Waals surface area contributed by atoms with Gasteiger partial charge < -0.3 is 10.6 Å². The first-order valence-corrected chi connectivity index (χ1v) is 11.6. The number of halogens is 1. The molecule has 1 aromatic rings. The van der Waals surface area contributed by atoms with E-state index in [4.69, 9.17) is 0 Å². The summed E-state index contributed by atoms with van der Waals surface area (Å²) >= 11 is 0. The number of hydrogen-bond acceptors (Lipinski definition) is 4. The second kappa shape index (κ2) is 8.39. The SMILES string of the molecule is CC(C)C(=O)NC1CN(S(=O)(=O)Cc2ccc(F)cc2)CC2(CCCC2)NC1=O. The highest BCUT2D eigenvalue weighted by Crippen LogP contribution is 2.33. The molecule has 3 rings (SSSR count). The summed E-state index contributed by atoms with van der Waals surface area (Å²) in [5.74, 6) is -1.70. The third-order valence-corrected chi connectivity index (χ3v) is 7.39. The van der Waals surface area contributed by atoms with Crippen LogP contribution in [0.3, 0.4) is 0 Å². The Labute approximate surface area is 171 Å². The highest BCUT2D eigenvalue weighted by Gasteiger charge is 2.45. The second-order valence-corrected chi connectivity index (χ2v) is 10.3. The number of nitrogens with zero attached hydrogens (tertiary/aromatic N) is 1. The lowest BCUT2D eigenvalue weighted by atomic mass is 9.98. The fourth-order valence-corrected chi connectivity index (χ4v) is 5.57. The summed E-state index contributed by atoms with van der Waals surface area (Å²) in [4.78, 5) is 25.0. The first-order chi connectivity index (χ1) is 13.6. The predicted molar refractivity (Wildman–Crippen MR) is 107 cm³/mol. The number of carbonyl (C=O) groups is 2. The second-order valence-electron chi connectivity index (χ2n) is 8.37. The van der Waals surface area contributed by atoms with Gasteiger partial charge in [0.05, 0.1) is 11.3 Å². The third kappa shape index (κ3) is 5.14. The molecule has 1 aromatic carbocycles. The van der Waals surface area contributed by atoms with Gasteiger partial charge in [0.15, 0.2) is 0 Å². The zero-order chi connectivity index (χ0) is 21.2. The van der Waals surface area contributed by atoms with Gasteiger partial charge >= 0.3 is 0 Å². The van der Waals surface area contributed by atoms with E-state index in [0.717, 1.165) is 12.8 Å². The molecular weight excluding hydrogens is 397 g/mol. The number of sulfonamides is 1. The highest BCUT2D eigenvalue weighted by atomic mass is 32.2. The van der Waals surface area contributed by atoms with Crippen LogP contribution in [0.4, 0.5) is 4.39 Å². The van der Waals surface area contributed by atoms with E-state index >= 15 is 0 Å². The lowest BCUT2D eigenvalue weighted by Gasteiger charge is -2.32. The average molecular weight is 426 g/mol. The molecular formula is C20H28FN3O4S. The fraction of sp³-hybridized carbons (Fsp3) is 0.600. The topological polar surface area (TPSA) is 95.6 Å². The van der Waals surface area contributed by atoms with E-state index < -0.39 is 27.4 Å². The summed E-state index contributed by atoms with van der Waals surface area (Å²) in [7, 11) is -3.78. The Bertz CT molecular complexity index is 864. The summed E-state index contributed by atoms with van der Waals surface area (Å²) < 4.78 is 40.8. The van der Waals surface area contributed by atoms with Crippen LogP contribution in [0.25, 0.3) is 0 Å². The maximum atomic E-state index is 13.2. The third-order valence-electron chi connectivity index (χ3n) is 5.63. The highest BCUT2D eigenvalue weighted by molar-refractivity contribution is 7.88. The van der Waals surface area contributed by atoms with Gasteiger partial charge in [-0.15, -0.1) is 0 Å². The maximum Gasteiger partial charge on any atom is 0.244 e. The van der Waals surface area contributed by atoms with Crippen LogP contribution in [0.2, 0.25) is 0 Å². The normalized spacial score (nSPS) is 22.5. The Morgan fingerprint density at radius 1 is 1.28 bits per heavy atom. The summed E-state index contributed by atoms with van der Waals surface area (Å²) in [6.45, 7) is 3.49. The van der Waals surface area contributed by atoms with Gasteiger partial charge in [0.25, 0.3) is 0 Å². The van der Waals surface area contributed by atoms with Crippen LogP contribution in [-0.4, -0.2) is 49.2 Å². The van der Waals surface area contributed by atoms with Crippen molar-refractivity contribution in [2.45, 2.75) is 56.9 Å². The number of amides is 2. The van der Waals surface area contributed by atoms with Crippen molar-refractivity contribution in [3.8, 4) is 0 Å². The zero-order valence-electron chi connectivity index (χ0n) is 16.8. The standard InChI is InChI=1S/C20H28FN3O4S/c1-14(2)18(25)22-17-11-24(13-20(23-19(17)26)9-3-4-10-20)29(27,28)12-15-5-7-16(21)8-6-15/h5-8,14,17H,3-4,9-13H2,1-2H3,(H,22,25)(H,23,26). The molecule has 1 spiro atoms. The molecule has 1 aliphatic heterocycles. The largest absolute Gasteiger partial charge is 0.348 e. The number of carbonyl (C=O) groups excluding carboxylic acids is 2. The Hall–Kier alpha value is -2.00. The van der Waals surface area contributed by atoms with E-state index in [0.29, 0.717) is 18.4 Å². The molecule has 2 amide bonds. The van der Waals surface area contributed by atoms with Crippen molar-refractivity contribution in [2.75, 3.05) is 13.1 Å². The van der Waals surface area contributed by atoms with Crippen molar-refractivity contribution in [1.29, 1.82) is 0 Å². The number of rotatable bonds is 5. The van der Waals surface area contributed by atoms with Gasteiger partial charge in [-0.2, -0.15) is 4.31 Å². The van der Waals surface area contributed by atoms with Gasteiger partial charge in [-0.25, -0.2) is 12.8 Å². The van der Waals surface area contributed by atoms with Crippen molar-refractivity contribution in [1.82, 2.24) is 14.9 Å². The number of benzene rings is 1. The van der Waals surface area contributed by atoms with Gasteiger partial charge in [-0.3, -0.25) is 9.59 Å². The molecule has 1 atom stereocenters. The molecule has 7 nitrogen and oxygen atoms in total. The minimum absolute atomic E-state index is 0.116. The minimum atomic E-state index is -3.78. The van der Waals surface area contributed by atoms with E-state index in [1.54, 1.807) is 13.8 Å². The summed E-state index contributed by atoms with van der Waals surface area (Å²) in [6.07, 6.45) is 3.22. The molecule has 9 heteroatoms. The maximum absolute atomic E-state index is 13.2. The van der Waals surface area contributed by atoms with Crippen LogP contribution in [0, 0.1) is 11.7 Å². The van der Waals surface area contributed by atoms with E-state index in [9.17, 15) is 22.4 Å². The van der Waals surface area contributed by atoms with Gasteiger partial charge in [0.1, 0.15) is 11.9 Å². The predicted octanol–water partition coefficient (Wildman–Crippen LogP) is 1.54. The Balaban J connectivity index is 1.87. The van der Waals surface area contributed by atoms with Crippen LogP contribution in [0.15, 0.2) is 24.3 Å². The van der Waals surface area contributed by atoms with Gasteiger partial charge in [0, 0.05) is 19.0 Å². The first-order valence-electron chi connectivity index (χ1n) is 9.95. The van der Waals surface area contributed by atoms with Crippen LogP contribution in [0.5, 0.6) is 0 Å². The molecule has 0 bridgehead atoms. The Morgan fingerprint density at radius 3 is 2.48 bits per heavy atom. The Morgan fingerprint density at radius 2 is 1.90 bits per heavy atom. The molecule has 1 aliphatic carbocycles. The van der Waals surface area contributed by atoms with Crippen LogP contribution in [-0.2, 0) is 25.4 Å². The van der Waals surface area contributed by atoms with Crippen molar-refractivity contribution in [2.24, 2.45) is 5.92 Å². The monoisotopic (exact) mass is 425 g/mol. The smallest absolute Gasteiger partial charge is 0.244 e. The molecule has 29 heavy (non-hydrogen) atoms. The van der Waals surface area contributed by atoms with Crippen LogP contribution < -0.4 is 10.6 Å². The molecule has 160 valence electrons. The molecule has 2 aliphatic rings. The summed E-state index contributed by atoms with van der Waals surface area (Å²) in [6, 6.07) is 4.38. The molecule has 1 saturated carbocycles. The molecule has 1 saturated heterocycles. The van der Waals surface area contributed by atoms with Gasteiger partial charge in [-0.1, -0.05) is 38.8 Å². The van der Waals surface area contributed by atoms with Crippen molar-refractivity contribution < 1.29 is 22.4 Å². The zero-order valence-corrected chi connectivity index (χ0v) is 17.6. The summed E-state index contributed by atoms with van der Waals surface area (Å²) in [5, 5.41) is 5.69. The molecule has 1 heterocycles. The van der Waals surface area contributed by atoms with E-state index in [1.807, 2.05) is 0 Å². The average Bonchev–Trinajstić information content (AvgIpc) is 3.04.